The predicted octanol–water partition coefficient (Wildman–Crippen LogP) is 4.38. The molecule has 0 amide bonds. The Kier molecular flexibility index (Phi) is 4.35. The largest absolute Gasteiger partial charge is 0.348 e. The lowest BCUT2D eigenvalue weighted by atomic mass is 9.80. The van der Waals surface area contributed by atoms with Gasteiger partial charge in [-0.05, 0) is 36.5 Å². The molecule has 3 heteroatoms. The van der Waals surface area contributed by atoms with Crippen molar-refractivity contribution in [3.63, 3.8) is 0 Å². The fraction of sp³-hybridized carbons (Fsp3) is 0.444. The molecule has 1 atom stereocenters. The summed E-state index contributed by atoms with van der Waals surface area (Å²) in [6.07, 6.45) is 11.6. The zero-order valence-corrected chi connectivity index (χ0v) is 12.3. The van der Waals surface area contributed by atoms with E-state index in [4.69, 9.17) is 5.26 Å². The van der Waals surface area contributed by atoms with Gasteiger partial charge in [0.2, 0.25) is 0 Å². The molecule has 3 rings (SSSR count). The van der Waals surface area contributed by atoms with Gasteiger partial charge in [0.25, 0.3) is 0 Å². The minimum Gasteiger partial charge on any atom is -0.348 e. The summed E-state index contributed by atoms with van der Waals surface area (Å²) in [6.45, 7) is 0. The van der Waals surface area contributed by atoms with Gasteiger partial charge < -0.3 is 4.98 Å². The van der Waals surface area contributed by atoms with E-state index in [1.807, 2.05) is 24.5 Å². The van der Waals surface area contributed by atoms with E-state index in [2.05, 4.69) is 28.2 Å². The van der Waals surface area contributed by atoms with Crippen LogP contribution in [0.3, 0.4) is 0 Å². The van der Waals surface area contributed by atoms with Gasteiger partial charge in [-0.3, -0.25) is 0 Å². The molecule has 1 unspecified atom stereocenters. The standard InChI is InChI=1S/C18H21N3/c19-13-14-7-9-16(10-8-14)17(18-20-11-12-21-18)15-5-3-1-2-4-6-15/h7-12,15,17H,1-6H2,(H,20,21). The number of imidazole rings is 1. The summed E-state index contributed by atoms with van der Waals surface area (Å²) < 4.78 is 0. The maximum atomic E-state index is 8.97. The second-order valence-electron chi connectivity index (χ2n) is 5.94. The van der Waals surface area contributed by atoms with Crippen molar-refractivity contribution in [1.82, 2.24) is 9.97 Å². The van der Waals surface area contributed by atoms with Crippen LogP contribution in [0.4, 0.5) is 0 Å². The van der Waals surface area contributed by atoms with Gasteiger partial charge in [0.1, 0.15) is 5.82 Å². The van der Waals surface area contributed by atoms with E-state index in [0.29, 0.717) is 11.8 Å². The van der Waals surface area contributed by atoms with Gasteiger partial charge in [-0.25, -0.2) is 4.98 Å². The Morgan fingerprint density at radius 2 is 1.81 bits per heavy atom. The van der Waals surface area contributed by atoms with Crippen molar-refractivity contribution in [1.29, 1.82) is 5.26 Å². The fourth-order valence-electron chi connectivity index (χ4n) is 3.51. The smallest absolute Gasteiger partial charge is 0.113 e. The highest BCUT2D eigenvalue weighted by molar-refractivity contribution is 5.35. The lowest BCUT2D eigenvalue weighted by Gasteiger charge is -2.25. The number of nitrogens with zero attached hydrogens (tertiary/aromatic N) is 2. The van der Waals surface area contributed by atoms with Crippen LogP contribution < -0.4 is 0 Å². The van der Waals surface area contributed by atoms with Gasteiger partial charge in [0, 0.05) is 18.3 Å². The highest BCUT2D eigenvalue weighted by atomic mass is 14.9. The quantitative estimate of drug-likeness (QED) is 0.847. The number of hydrogen-bond donors (Lipinski definition) is 1. The van der Waals surface area contributed by atoms with E-state index in [0.717, 1.165) is 11.4 Å². The molecule has 2 aromatic rings. The van der Waals surface area contributed by atoms with E-state index in [9.17, 15) is 0 Å². The van der Waals surface area contributed by atoms with Crippen LogP contribution in [-0.2, 0) is 0 Å². The summed E-state index contributed by atoms with van der Waals surface area (Å²) in [7, 11) is 0. The van der Waals surface area contributed by atoms with Crippen LogP contribution in [0.25, 0.3) is 0 Å². The minimum absolute atomic E-state index is 0.325. The number of aromatic amines is 1. The molecule has 3 nitrogen and oxygen atoms in total. The number of rotatable bonds is 3. The second-order valence-corrected chi connectivity index (χ2v) is 5.94. The van der Waals surface area contributed by atoms with Crippen LogP contribution in [0.15, 0.2) is 36.7 Å². The predicted molar refractivity (Wildman–Crippen MR) is 82.8 cm³/mol. The number of benzene rings is 1. The maximum absolute atomic E-state index is 8.97. The van der Waals surface area contributed by atoms with Crippen molar-refractivity contribution < 1.29 is 0 Å². The molecule has 0 aliphatic heterocycles. The van der Waals surface area contributed by atoms with E-state index in [1.54, 1.807) is 0 Å². The maximum Gasteiger partial charge on any atom is 0.113 e. The molecular weight excluding hydrogens is 258 g/mol. The Hall–Kier alpha value is -2.08. The third-order valence-corrected chi connectivity index (χ3v) is 4.58. The lowest BCUT2D eigenvalue weighted by molar-refractivity contribution is 0.402. The molecule has 0 saturated heterocycles. The summed E-state index contributed by atoms with van der Waals surface area (Å²) in [5, 5.41) is 8.97. The van der Waals surface area contributed by atoms with Crippen LogP contribution in [0, 0.1) is 17.2 Å². The fourth-order valence-corrected chi connectivity index (χ4v) is 3.51. The minimum atomic E-state index is 0.325. The van der Waals surface area contributed by atoms with Crippen molar-refractivity contribution in [3.8, 4) is 6.07 Å². The van der Waals surface area contributed by atoms with Crippen molar-refractivity contribution in [2.45, 2.75) is 44.4 Å². The molecule has 0 bridgehead atoms. The van der Waals surface area contributed by atoms with Gasteiger partial charge in [0.05, 0.1) is 11.6 Å². The number of nitrogens with one attached hydrogen (secondary N) is 1. The summed E-state index contributed by atoms with van der Waals surface area (Å²) in [6, 6.07) is 10.2. The number of nitriles is 1. The van der Waals surface area contributed by atoms with Crippen LogP contribution in [0.2, 0.25) is 0 Å². The Morgan fingerprint density at radius 1 is 1.10 bits per heavy atom. The van der Waals surface area contributed by atoms with Crippen LogP contribution in [0.1, 0.15) is 61.4 Å². The van der Waals surface area contributed by atoms with Gasteiger partial charge >= 0.3 is 0 Å². The van der Waals surface area contributed by atoms with Crippen molar-refractivity contribution in [2.24, 2.45) is 5.92 Å². The summed E-state index contributed by atoms with van der Waals surface area (Å²) in [5.74, 6) is 2.03. The molecule has 1 N–H and O–H groups in total. The van der Waals surface area contributed by atoms with Crippen LogP contribution >= 0.6 is 0 Å². The molecule has 108 valence electrons. The summed E-state index contributed by atoms with van der Waals surface area (Å²) >= 11 is 0. The molecule has 1 aliphatic carbocycles. The molecule has 1 heterocycles. The van der Waals surface area contributed by atoms with Crippen LogP contribution in [0.5, 0.6) is 0 Å². The monoisotopic (exact) mass is 279 g/mol. The van der Waals surface area contributed by atoms with E-state index < -0.39 is 0 Å². The Morgan fingerprint density at radius 3 is 2.38 bits per heavy atom. The Balaban J connectivity index is 1.93. The summed E-state index contributed by atoms with van der Waals surface area (Å²) in [4.78, 5) is 7.83. The van der Waals surface area contributed by atoms with Crippen molar-refractivity contribution >= 4 is 0 Å². The average Bonchev–Trinajstić information content (AvgIpc) is 2.91. The molecule has 0 spiro atoms. The van der Waals surface area contributed by atoms with Gasteiger partial charge in [-0.2, -0.15) is 5.26 Å². The highest BCUT2D eigenvalue weighted by Crippen LogP contribution is 2.38. The Bertz CT molecular complexity index is 584. The molecule has 1 aromatic heterocycles. The van der Waals surface area contributed by atoms with Crippen molar-refractivity contribution in [3.05, 3.63) is 53.6 Å². The molecule has 21 heavy (non-hydrogen) atoms. The summed E-state index contributed by atoms with van der Waals surface area (Å²) in [5.41, 5.74) is 1.99. The lowest BCUT2D eigenvalue weighted by Crippen LogP contribution is -2.15. The molecule has 1 aliphatic rings. The van der Waals surface area contributed by atoms with Gasteiger partial charge in [-0.15, -0.1) is 0 Å². The zero-order valence-electron chi connectivity index (χ0n) is 12.3. The molecule has 1 aromatic carbocycles. The highest BCUT2D eigenvalue weighted by Gasteiger charge is 2.27. The topological polar surface area (TPSA) is 52.5 Å². The normalized spacial score (nSPS) is 17.9. The molecule has 1 fully saturated rings. The number of H-pyrrole nitrogens is 1. The molecule has 1 saturated carbocycles. The number of aromatic nitrogens is 2. The Labute approximate surface area is 126 Å². The van der Waals surface area contributed by atoms with E-state index in [1.165, 1.54) is 44.1 Å². The first-order valence-electron chi connectivity index (χ1n) is 7.88. The first kappa shape index (κ1) is 13.9. The van der Waals surface area contributed by atoms with Gasteiger partial charge in [-0.1, -0.05) is 37.8 Å². The third kappa shape index (κ3) is 3.16. The zero-order chi connectivity index (χ0) is 14.5. The van der Waals surface area contributed by atoms with Crippen molar-refractivity contribution in [2.75, 3.05) is 0 Å². The van der Waals surface area contributed by atoms with Crippen LogP contribution in [-0.4, -0.2) is 9.97 Å². The van der Waals surface area contributed by atoms with E-state index in [-0.39, 0.29) is 0 Å². The molecular formula is C18H21N3. The molecule has 0 radical (unpaired) electrons. The number of hydrogen-bond acceptors (Lipinski definition) is 2. The first-order chi connectivity index (χ1) is 10.4. The SMILES string of the molecule is N#Cc1ccc(C(c2ncc[nH]2)C2CCCCCC2)cc1. The first-order valence-corrected chi connectivity index (χ1v) is 7.88. The van der Waals surface area contributed by atoms with Gasteiger partial charge in [0.15, 0.2) is 0 Å². The second kappa shape index (κ2) is 6.58. The third-order valence-electron chi connectivity index (χ3n) is 4.58. The van der Waals surface area contributed by atoms with E-state index >= 15 is 0 Å². The average molecular weight is 279 g/mol.